The van der Waals surface area contributed by atoms with Crippen LogP contribution in [0.25, 0.3) is 10.7 Å². The van der Waals surface area contributed by atoms with Crippen LogP contribution < -0.4 is 0 Å². The molecule has 0 aliphatic carbocycles. The summed E-state index contributed by atoms with van der Waals surface area (Å²) in [4.78, 5) is 13.0. The smallest absolute Gasteiger partial charge is 0.171 e. The van der Waals surface area contributed by atoms with Crippen LogP contribution in [0.2, 0.25) is 0 Å². The predicted octanol–water partition coefficient (Wildman–Crippen LogP) is 4.56. The number of H-pyrrole nitrogens is 1. The van der Waals surface area contributed by atoms with E-state index in [2.05, 4.69) is 15.0 Å². The van der Waals surface area contributed by atoms with Crippen LogP contribution in [0.5, 0.6) is 5.75 Å². The van der Waals surface area contributed by atoms with Crippen molar-refractivity contribution >= 4 is 23.6 Å². The molecule has 21 heavy (non-hydrogen) atoms. The first-order valence-electron chi connectivity index (χ1n) is 6.81. The Labute approximate surface area is 134 Å². The summed E-state index contributed by atoms with van der Waals surface area (Å²) in [5.74, 6) is 0.804. The highest BCUT2D eigenvalue weighted by Gasteiger charge is 2.29. The maximum Gasteiger partial charge on any atom is 0.171 e. The quantitative estimate of drug-likeness (QED) is 0.755. The van der Waals surface area contributed by atoms with E-state index in [4.69, 9.17) is 12.2 Å². The van der Waals surface area contributed by atoms with E-state index in [1.54, 1.807) is 0 Å². The second-order valence-corrected chi connectivity index (χ2v) is 8.85. The summed E-state index contributed by atoms with van der Waals surface area (Å²) in [7, 11) is 0. The van der Waals surface area contributed by atoms with Crippen LogP contribution in [-0.2, 0) is 10.8 Å². The average molecular weight is 323 g/mol. The molecule has 2 N–H and O–H groups in total. The molecule has 2 aromatic heterocycles. The Kier molecular flexibility index (Phi) is 3.97. The summed E-state index contributed by atoms with van der Waals surface area (Å²) < 4.78 is 0.691. The Morgan fingerprint density at radius 1 is 1.05 bits per heavy atom. The molecule has 0 unspecified atom stereocenters. The number of aromatic nitrogens is 3. The van der Waals surface area contributed by atoms with E-state index >= 15 is 0 Å². The predicted molar refractivity (Wildman–Crippen MR) is 89.6 cm³/mol. The van der Waals surface area contributed by atoms with Gasteiger partial charge >= 0.3 is 0 Å². The van der Waals surface area contributed by atoms with Gasteiger partial charge in [-0.05, 0) is 12.2 Å². The molecule has 0 atom stereocenters. The Hall–Kier alpha value is -1.27. The number of hydrogen-bond donors (Lipinski definition) is 2. The zero-order valence-corrected chi connectivity index (χ0v) is 14.9. The van der Waals surface area contributed by atoms with Crippen LogP contribution in [0.1, 0.15) is 52.9 Å². The van der Waals surface area contributed by atoms with Gasteiger partial charge in [-0.2, -0.15) is 0 Å². The molecule has 0 radical (unpaired) electrons. The van der Waals surface area contributed by atoms with Crippen molar-refractivity contribution in [2.24, 2.45) is 0 Å². The molecule has 2 rings (SSSR count). The lowest BCUT2D eigenvalue weighted by atomic mass is 9.85. The molecule has 114 valence electrons. The fourth-order valence-electron chi connectivity index (χ4n) is 2.00. The van der Waals surface area contributed by atoms with E-state index in [0.717, 1.165) is 4.88 Å². The molecule has 0 spiro atoms. The van der Waals surface area contributed by atoms with Crippen LogP contribution in [-0.4, -0.2) is 20.1 Å². The SMILES string of the molecule is CC(C)(C)c1nc(-c2c[nH]c(=S)s2)nc(C(C)(C)C)c1O. The number of thiazole rings is 1. The van der Waals surface area contributed by atoms with E-state index in [1.165, 1.54) is 11.3 Å². The number of nitrogens with one attached hydrogen (secondary N) is 1. The van der Waals surface area contributed by atoms with Gasteiger partial charge in [-0.1, -0.05) is 41.5 Å². The Morgan fingerprint density at radius 2 is 1.52 bits per heavy atom. The fourth-order valence-corrected chi connectivity index (χ4v) is 2.95. The van der Waals surface area contributed by atoms with Crippen molar-refractivity contribution in [3.63, 3.8) is 0 Å². The molecule has 0 aliphatic heterocycles. The van der Waals surface area contributed by atoms with E-state index in [-0.39, 0.29) is 16.6 Å². The molecule has 2 heterocycles. The topological polar surface area (TPSA) is 61.8 Å². The first-order chi connectivity index (χ1) is 9.50. The summed E-state index contributed by atoms with van der Waals surface area (Å²) in [6, 6.07) is 0. The molecule has 6 heteroatoms. The van der Waals surface area contributed by atoms with Crippen molar-refractivity contribution in [3.8, 4) is 16.5 Å². The van der Waals surface area contributed by atoms with Gasteiger partial charge in [-0.3, -0.25) is 0 Å². The van der Waals surface area contributed by atoms with Crippen molar-refractivity contribution in [1.82, 2.24) is 15.0 Å². The van der Waals surface area contributed by atoms with Crippen LogP contribution in [0.3, 0.4) is 0 Å². The largest absolute Gasteiger partial charge is 0.504 e. The Bertz CT molecular complexity index is 682. The average Bonchev–Trinajstić information content (AvgIpc) is 2.73. The van der Waals surface area contributed by atoms with Gasteiger partial charge in [0.15, 0.2) is 15.5 Å². The third kappa shape index (κ3) is 3.32. The van der Waals surface area contributed by atoms with Gasteiger partial charge in [0, 0.05) is 17.0 Å². The van der Waals surface area contributed by atoms with Crippen molar-refractivity contribution in [1.29, 1.82) is 0 Å². The summed E-state index contributed by atoms with van der Waals surface area (Å²) in [5, 5.41) is 10.6. The first-order valence-corrected chi connectivity index (χ1v) is 8.03. The monoisotopic (exact) mass is 323 g/mol. The maximum atomic E-state index is 10.6. The minimum absolute atomic E-state index is 0.192. The lowest BCUT2D eigenvalue weighted by Crippen LogP contribution is -2.21. The molecular weight excluding hydrogens is 302 g/mol. The zero-order chi connectivity index (χ0) is 16.0. The third-order valence-electron chi connectivity index (χ3n) is 3.05. The van der Waals surface area contributed by atoms with E-state index in [9.17, 15) is 5.11 Å². The van der Waals surface area contributed by atoms with Gasteiger partial charge in [-0.25, -0.2) is 9.97 Å². The highest BCUT2D eigenvalue weighted by molar-refractivity contribution is 7.73. The van der Waals surface area contributed by atoms with Crippen molar-refractivity contribution in [2.75, 3.05) is 0 Å². The molecule has 0 amide bonds. The van der Waals surface area contributed by atoms with Crippen molar-refractivity contribution in [2.45, 2.75) is 52.4 Å². The number of rotatable bonds is 1. The van der Waals surface area contributed by atoms with E-state index in [0.29, 0.717) is 21.2 Å². The molecule has 0 saturated heterocycles. The molecular formula is C15H21N3OS2. The standard InChI is InChI=1S/C15H21N3OS2/c1-14(2,3)10-9(19)11(15(4,5)6)18-12(17-10)8-7-16-13(20)21-8/h7,19H,1-6H3,(H,16,20). The highest BCUT2D eigenvalue weighted by atomic mass is 32.1. The van der Waals surface area contributed by atoms with Gasteiger partial charge in [-0.15, -0.1) is 11.3 Å². The lowest BCUT2D eigenvalue weighted by Gasteiger charge is -2.25. The molecule has 0 fully saturated rings. The number of aromatic amines is 1. The van der Waals surface area contributed by atoms with E-state index < -0.39 is 0 Å². The second-order valence-electron chi connectivity index (χ2n) is 7.14. The molecule has 0 saturated carbocycles. The second kappa shape index (κ2) is 5.18. The van der Waals surface area contributed by atoms with Gasteiger partial charge < -0.3 is 10.1 Å². The van der Waals surface area contributed by atoms with Crippen LogP contribution in [0, 0.1) is 3.95 Å². The summed E-state index contributed by atoms with van der Waals surface area (Å²) in [5.41, 5.74) is 0.799. The van der Waals surface area contributed by atoms with Crippen molar-refractivity contribution < 1.29 is 5.11 Å². The lowest BCUT2D eigenvalue weighted by molar-refractivity contribution is 0.407. The molecule has 0 bridgehead atoms. The van der Waals surface area contributed by atoms with Crippen LogP contribution >= 0.6 is 23.6 Å². The maximum absolute atomic E-state index is 10.6. The number of nitrogens with zero attached hydrogens (tertiary/aromatic N) is 2. The zero-order valence-electron chi connectivity index (χ0n) is 13.2. The first kappa shape index (κ1) is 16.1. The minimum atomic E-state index is -0.264. The summed E-state index contributed by atoms with van der Waals surface area (Å²) in [6.07, 6.45) is 1.82. The van der Waals surface area contributed by atoms with Crippen LogP contribution in [0.15, 0.2) is 6.20 Å². The Morgan fingerprint density at radius 3 is 1.86 bits per heavy atom. The van der Waals surface area contributed by atoms with Gasteiger partial charge in [0.1, 0.15) is 0 Å². The number of hydrogen-bond acceptors (Lipinski definition) is 5. The Balaban J connectivity index is 2.77. The molecule has 2 aromatic rings. The van der Waals surface area contributed by atoms with Crippen LogP contribution in [0.4, 0.5) is 0 Å². The highest BCUT2D eigenvalue weighted by Crippen LogP contribution is 2.38. The van der Waals surface area contributed by atoms with E-state index in [1.807, 2.05) is 47.7 Å². The summed E-state index contributed by atoms with van der Waals surface area (Å²) >= 11 is 6.57. The third-order valence-corrected chi connectivity index (χ3v) is 4.24. The normalized spacial score (nSPS) is 12.7. The van der Waals surface area contributed by atoms with Gasteiger partial charge in [0.2, 0.25) is 0 Å². The molecule has 0 aromatic carbocycles. The van der Waals surface area contributed by atoms with Gasteiger partial charge in [0.05, 0.1) is 16.3 Å². The molecule has 4 nitrogen and oxygen atoms in total. The summed E-state index contributed by atoms with van der Waals surface area (Å²) in [6.45, 7) is 12.2. The van der Waals surface area contributed by atoms with Gasteiger partial charge in [0.25, 0.3) is 0 Å². The number of aromatic hydroxyl groups is 1. The minimum Gasteiger partial charge on any atom is -0.504 e. The molecule has 0 aliphatic rings. The fraction of sp³-hybridized carbons (Fsp3) is 0.533. The van der Waals surface area contributed by atoms with Crippen molar-refractivity contribution in [3.05, 3.63) is 21.5 Å².